The van der Waals surface area contributed by atoms with Gasteiger partial charge in [0, 0.05) is 25.7 Å². The molecule has 0 heterocycles. The minimum atomic E-state index is -4.96. The largest absolute Gasteiger partial charge is 0.472 e. The number of hydrogen-bond acceptors (Lipinski definition) is 15. The summed E-state index contributed by atoms with van der Waals surface area (Å²) in [6.45, 7) is 5.03. The Morgan fingerprint density at radius 2 is 0.388 bits per heavy atom. The molecule has 612 valence electrons. The molecule has 3 N–H and O–H groups in total. The first-order valence-electron chi connectivity index (χ1n) is 43.8. The number of aliphatic hydroxyl groups excluding tert-OH is 1. The zero-order valence-corrected chi connectivity index (χ0v) is 69.1. The standard InChI is InChI=1S/C84H164O17P2/c1-5-9-13-17-21-25-28-31-34-37-38-39-40-41-42-45-48-51-55-59-63-67-71-84(89)101-80(75-95-82(87)69-65-61-57-53-49-46-43-35-32-29-26-22-18-14-10-6-2)77-99-103(92,93)97-73-78(85)72-96-102(90,91)98-76-79(74-94-81(86)68-64-60-56-52-24-20-16-12-8-4)100-83(88)70-66-62-58-54-50-47-44-36-33-30-27-23-19-15-11-7-3/h78-80,85H,5-77H2,1-4H3,(H,90,91)(H,92,93)/t78-,79+,80+/m0/s1. The fourth-order valence-electron chi connectivity index (χ4n) is 13.2. The molecule has 0 amide bonds. The third-order valence-electron chi connectivity index (χ3n) is 19.9. The van der Waals surface area contributed by atoms with Crippen molar-refractivity contribution in [3.8, 4) is 0 Å². The first kappa shape index (κ1) is 101. The molecular formula is C84H164O17P2. The van der Waals surface area contributed by atoms with Crippen molar-refractivity contribution in [3.63, 3.8) is 0 Å². The zero-order valence-electron chi connectivity index (χ0n) is 67.3. The van der Waals surface area contributed by atoms with Gasteiger partial charge in [0.2, 0.25) is 0 Å². The number of carbonyl (C=O) groups is 4. The number of phosphoric acid groups is 2. The van der Waals surface area contributed by atoms with Gasteiger partial charge in [0.15, 0.2) is 12.2 Å². The fraction of sp³-hybridized carbons (Fsp3) is 0.952. The summed E-state index contributed by atoms with van der Waals surface area (Å²) in [5.74, 6) is -2.10. The van der Waals surface area contributed by atoms with Crippen LogP contribution in [0.4, 0.5) is 0 Å². The van der Waals surface area contributed by atoms with E-state index >= 15 is 0 Å². The van der Waals surface area contributed by atoms with Gasteiger partial charge in [-0.3, -0.25) is 37.3 Å². The molecule has 0 aromatic rings. The Hall–Kier alpha value is -1.94. The van der Waals surface area contributed by atoms with Gasteiger partial charge in [-0.15, -0.1) is 0 Å². The fourth-order valence-corrected chi connectivity index (χ4v) is 14.7. The normalized spacial score (nSPS) is 13.7. The van der Waals surface area contributed by atoms with Crippen molar-refractivity contribution in [2.45, 2.75) is 476 Å². The highest BCUT2D eigenvalue weighted by molar-refractivity contribution is 7.47. The van der Waals surface area contributed by atoms with Crippen LogP contribution < -0.4 is 0 Å². The molecule has 19 heteroatoms. The maximum atomic E-state index is 13.1. The molecule has 0 bridgehead atoms. The molecule has 103 heavy (non-hydrogen) atoms. The summed E-state index contributed by atoms with van der Waals surface area (Å²) >= 11 is 0. The number of esters is 4. The second kappa shape index (κ2) is 78.2. The molecule has 0 aliphatic rings. The average Bonchev–Trinajstić information content (AvgIpc) is 0.937. The highest BCUT2D eigenvalue weighted by atomic mass is 31.2. The van der Waals surface area contributed by atoms with Crippen molar-refractivity contribution in [2.75, 3.05) is 39.6 Å². The molecule has 0 aromatic carbocycles. The monoisotopic (exact) mass is 1510 g/mol. The van der Waals surface area contributed by atoms with Crippen molar-refractivity contribution in [2.24, 2.45) is 0 Å². The van der Waals surface area contributed by atoms with Crippen molar-refractivity contribution in [1.29, 1.82) is 0 Å². The zero-order chi connectivity index (χ0) is 75.3. The van der Waals surface area contributed by atoms with Crippen LogP contribution in [0.25, 0.3) is 0 Å². The lowest BCUT2D eigenvalue weighted by molar-refractivity contribution is -0.161. The molecule has 0 aromatic heterocycles. The van der Waals surface area contributed by atoms with E-state index in [4.69, 9.17) is 37.0 Å². The van der Waals surface area contributed by atoms with Crippen LogP contribution in [-0.2, 0) is 65.4 Å². The minimum Gasteiger partial charge on any atom is -0.462 e. The number of carbonyl (C=O) groups excluding carboxylic acids is 4. The van der Waals surface area contributed by atoms with Crippen LogP contribution in [0.3, 0.4) is 0 Å². The summed E-state index contributed by atoms with van der Waals surface area (Å²) in [5, 5.41) is 10.7. The molecule has 0 aliphatic carbocycles. The quantitative estimate of drug-likeness (QED) is 0.0222. The van der Waals surface area contributed by atoms with Gasteiger partial charge in [0.1, 0.15) is 19.3 Å². The summed E-state index contributed by atoms with van der Waals surface area (Å²) in [6.07, 6.45) is 72.3. The number of aliphatic hydroxyl groups is 1. The molecule has 2 unspecified atom stereocenters. The Kier molecular flexibility index (Phi) is 76.7. The summed E-state index contributed by atoms with van der Waals surface area (Å²) in [5.41, 5.74) is 0. The Morgan fingerprint density at radius 3 is 0.573 bits per heavy atom. The highest BCUT2D eigenvalue weighted by Crippen LogP contribution is 2.45. The van der Waals surface area contributed by atoms with Crippen LogP contribution >= 0.6 is 15.6 Å². The summed E-state index contributed by atoms with van der Waals surface area (Å²) in [6, 6.07) is 0. The van der Waals surface area contributed by atoms with E-state index in [2.05, 4.69) is 27.7 Å². The lowest BCUT2D eigenvalue weighted by atomic mass is 10.0. The van der Waals surface area contributed by atoms with Crippen LogP contribution in [-0.4, -0.2) is 96.7 Å². The molecule has 0 fully saturated rings. The Balaban J connectivity index is 5.19. The highest BCUT2D eigenvalue weighted by Gasteiger charge is 2.30. The summed E-state index contributed by atoms with van der Waals surface area (Å²) < 4.78 is 68.8. The lowest BCUT2D eigenvalue weighted by Gasteiger charge is -2.21. The second-order valence-corrected chi connectivity index (χ2v) is 33.1. The van der Waals surface area contributed by atoms with Crippen molar-refractivity contribution >= 4 is 39.5 Å². The molecule has 17 nitrogen and oxygen atoms in total. The topological polar surface area (TPSA) is 237 Å². The number of ether oxygens (including phenoxy) is 4. The van der Waals surface area contributed by atoms with E-state index in [9.17, 15) is 43.2 Å². The van der Waals surface area contributed by atoms with Gasteiger partial charge in [-0.25, -0.2) is 9.13 Å². The number of hydrogen-bond donors (Lipinski definition) is 3. The van der Waals surface area contributed by atoms with Crippen molar-refractivity contribution < 1.29 is 80.2 Å². The third-order valence-corrected chi connectivity index (χ3v) is 21.8. The molecular weight excluding hydrogens is 1340 g/mol. The van der Waals surface area contributed by atoms with Gasteiger partial charge in [-0.1, -0.05) is 407 Å². The predicted molar refractivity (Wildman–Crippen MR) is 423 cm³/mol. The molecule has 0 saturated heterocycles. The predicted octanol–water partition coefficient (Wildman–Crippen LogP) is 25.7. The molecule has 0 saturated carbocycles. The first-order chi connectivity index (χ1) is 50.2. The number of phosphoric ester groups is 2. The van der Waals surface area contributed by atoms with Gasteiger partial charge < -0.3 is 33.8 Å². The molecule has 0 aliphatic heterocycles. The van der Waals surface area contributed by atoms with Crippen molar-refractivity contribution in [1.82, 2.24) is 0 Å². The van der Waals surface area contributed by atoms with E-state index in [1.807, 2.05) is 0 Å². The number of unbranched alkanes of at least 4 members (excludes halogenated alkanes) is 59. The van der Waals surface area contributed by atoms with Crippen LogP contribution in [0.2, 0.25) is 0 Å². The van der Waals surface area contributed by atoms with Gasteiger partial charge in [-0.2, -0.15) is 0 Å². The SMILES string of the molecule is CCCCCCCCCCCCCCCCCCCCCCCCC(=O)O[C@H](COC(=O)CCCCCCCCCCCCCCCCCC)COP(=O)(O)OC[C@@H](O)COP(=O)(O)OC[C@@H](COC(=O)CCCCCCCCCCC)OC(=O)CCCCCCCCCCCCCCCCCC. The van der Waals surface area contributed by atoms with E-state index in [0.29, 0.717) is 25.7 Å². The van der Waals surface area contributed by atoms with Crippen molar-refractivity contribution in [3.05, 3.63) is 0 Å². The second-order valence-electron chi connectivity index (χ2n) is 30.2. The average molecular weight is 1510 g/mol. The van der Waals surface area contributed by atoms with Crippen LogP contribution in [0.5, 0.6) is 0 Å². The van der Waals surface area contributed by atoms with E-state index in [-0.39, 0.29) is 25.7 Å². The van der Waals surface area contributed by atoms with Gasteiger partial charge in [0.05, 0.1) is 26.4 Å². The van der Waals surface area contributed by atoms with Gasteiger partial charge >= 0.3 is 39.5 Å². The Bertz CT molecular complexity index is 1950. The maximum Gasteiger partial charge on any atom is 0.472 e. The van der Waals surface area contributed by atoms with Gasteiger partial charge in [-0.05, 0) is 25.7 Å². The summed E-state index contributed by atoms with van der Waals surface area (Å²) in [4.78, 5) is 73.1. The van der Waals surface area contributed by atoms with Crippen LogP contribution in [0.1, 0.15) is 458 Å². The van der Waals surface area contributed by atoms with E-state index in [0.717, 1.165) is 89.9 Å². The van der Waals surface area contributed by atoms with Crippen LogP contribution in [0, 0.1) is 0 Å². The Labute approximate surface area is 632 Å². The number of rotatable bonds is 85. The van der Waals surface area contributed by atoms with Gasteiger partial charge in [0.25, 0.3) is 0 Å². The van der Waals surface area contributed by atoms with Crippen LogP contribution in [0.15, 0.2) is 0 Å². The molecule has 0 rings (SSSR count). The smallest absolute Gasteiger partial charge is 0.462 e. The van der Waals surface area contributed by atoms with E-state index in [1.54, 1.807) is 0 Å². The minimum absolute atomic E-state index is 0.109. The van der Waals surface area contributed by atoms with E-state index in [1.165, 1.54) is 289 Å². The molecule has 0 spiro atoms. The Morgan fingerprint density at radius 1 is 0.233 bits per heavy atom. The lowest BCUT2D eigenvalue weighted by Crippen LogP contribution is -2.30. The summed E-state index contributed by atoms with van der Waals surface area (Å²) in [7, 11) is -9.92. The van der Waals surface area contributed by atoms with E-state index < -0.39 is 97.5 Å². The first-order valence-corrected chi connectivity index (χ1v) is 46.8. The third kappa shape index (κ3) is 78.0. The molecule has 0 radical (unpaired) electrons. The maximum absolute atomic E-state index is 13.1. The molecule has 5 atom stereocenters.